The van der Waals surface area contributed by atoms with Gasteiger partial charge in [-0.1, -0.05) is 78.9 Å². The number of aliphatic imine (C=N–C) groups is 1. The van der Waals surface area contributed by atoms with E-state index >= 15 is 0 Å². The third kappa shape index (κ3) is 2.99. The largest absolute Gasteiger partial charge is 0.348 e. The second-order valence-electron chi connectivity index (χ2n) is 5.74. The maximum atomic E-state index is 5.46. The number of fused-ring (bicyclic) bond motifs is 1. The SMILES string of the molecule is S=C1CC(c2ccc(-c3ccccc3)cc2)=Nc2ccccc2N1. The molecule has 0 fully saturated rings. The molecule has 4 rings (SSSR count). The zero-order valence-electron chi connectivity index (χ0n) is 13.1. The predicted octanol–water partition coefficient (Wildman–Crippen LogP) is 5.62. The number of rotatable bonds is 2. The van der Waals surface area contributed by atoms with Crippen LogP contribution in [0.15, 0.2) is 83.9 Å². The maximum absolute atomic E-state index is 5.46. The molecule has 1 heterocycles. The predicted molar refractivity (Wildman–Crippen MR) is 105 cm³/mol. The molecule has 0 radical (unpaired) electrons. The topological polar surface area (TPSA) is 24.4 Å². The zero-order chi connectivity index (χ0) is 16.4. The van der Waals surface area contributed by atoms with Gasteiger partial charge in [-0.2, -0.15) is 0 Å². The van der Waals surface area contributed by atoms with E-state index in [1.165, 1.54) is 11.1 Å². The molecule has 0 amide bonds. The molecule has 3 heteroatoms. The first kappa shape index (κ1) is 14.8. The van der Waals surface area contributed by atoms with Crippen LogP contribution in [0, 0.1) is 0 Å². The van der Waals surface area contributed by atoms with E-state index in [0.717, 1.165) is 27.6 Å². The number of benzene rings is 3. The molecule has 2 nitrogen and oxygen atoms in total. The summed E-state index contributed by atoms with van der Waals surface area (Å²) in [4.78, 5) is 5.63. The van der Waals surface area contributed by atoms with Crippen molar-refractivity contribution in [1.82, 2.24) is 0 Å². The fraction of sp³-hybridized carbons (Fsp3) is 0.0476. The number of hydrogen-bond donors (Lipinski definition) is 1. The Kier molecular flexibility index (Phi) is 3.93. The molecular weight excluding hydrogens is 312 g/mol. The van der Waals surface area contributed by atoms with Crippen molar-refractivity contribution in [3.05, 3.63) is 84.4 Å². The molecule has 1 aliphatic heterocycles. The van der Waals surface area contributed by atoms with E-state index in [1.54, 1.807) is 0 Å². The second-order valence-corrected chi connectivity index (χ2v) is 6.24. The van der Waals surface area contributed by atoms with Gasteiger partial charge in [0.15, 0.2) is 0 Å². The highest BCUT2D eigenvalue weighted by atomic mass is 32.1. The van der Waals surface area contributed by atoms with Crippen LogP contribution in [-0.2, 0) is 0 Å². The molecule has 0 saturated heterocycles. The van der Waals surface area contributed by atoms with Gasteiger partial charge in [0.2, 0.25) is 0 Å². The number of thiocarbonyl (C=S) groups is 1. The molecule has 1 aliphatic rings. The van der Waals surface area contributed by atoms with Gasteiger partial charge in [-0.25, -0.2) is 0 Å². The Morgan fingerprint density at radius 1 is 0.708 bits per heavy atom. The summed E-state index contributed by atoms with van der Waals surface area (Å²) in [7, 11) is 0. The molecular formula is C21H16N2S. The second kappa shape index (κ2) is 6.38. The van der Waals surface area contributed by atoms with E-state index in [0.29, 0.717) is 6.42 Å². The van der Waals surface area contributed by atoms with Crippen LogP contribution in [0.3, 0.4) is 0 Å². The van der Waals surface area contributed by atoms with E-state index in [4.69, 9.17) is 17.2 Å². The molecule has 0 unspecified atom stereocenters. The van der Waals surface area contributed by atoms with Gasteiger partial charge in [-0.05, 0) is 28.8 Å². The molecule has 0 saturated carbocycles. The lowest BCUT2D eigenvalue weighted by Crippen LogP contribution is -2.12. The van der Waals surface area contributed by atoms with Crippen LogP contribution in [-0.4, -0.2) is 10.7 Å². The minimum Gasteiger partial charge on any atom is -0.348 e. The fourth-order valence-corrected chi connectivity index (χ4v) is 3.11. The lowest BCUT2D eigenvalue weighted by Gasteiger charge is -2.07. The van der Waals surface area contributed by atoms with Crippen molar-refractivity contribution in [2.75, 3.05) is 5.32 Å². The van der Waals surface area contributed by atoms with Crippen molar-refractivity contribution < 1.29 is 0 Å². The van der Waals surface area contributed by atoms with Crippen LogP contribution in [0.1, 0.15) is 12.0 Å². The Morgan fingerprint density at radius 2 is 1.33 bits per heavy atom. The molecule has 116 valence electrons. The van der Waals surface area contributed by atoms with E-state index in [1.807, 2.05) is 30.3 Å². The maximum Gasteiger partial charge on any atom is 0.0868 e. The van der Waals surface area contributed by atoms with Gasteiger partial charge in [0, 0.05) is 6.42 Å². The lowest BCUT2D eigenvalue weighted by atomic mass is 10.0. The van der Waals surface area contributed by atoms with Gasteiger partial charge >= 0.3 is 0 Å². The summed E-state index contributed by atoms with van der Waals surface area (Å²) >= 11 is 5.46. The summed E-state index contributed by atoms with van der Waals surface area (Å²) in [5.74, 6) is 0. The van der Waals surface area contributed by atoms with Crippen LogP contribution in [0.4, 0.5) is 11.4 Å². The highest BCUT2D eigenvalue weighted by Gasteiger charge is 2.14. The van der Waals surface area contributed by atoms with Gasteiger partial charge < -0.3 is 5.32 Å². The smallest absolute Gasteiger partial charge is 0.0868 e. The summed E-state index contributed by atoms with van der Waals surface area (Å²) in [6.45, 7) is 0. The van der Waals surface area contributed by atoms with E-state index in [-0.39, 0.29) is 0 Å². The number of hydrogen-bond acceptors (Lipinski definition) is 2. The third-order valence-electron chi connectivity index (χ3n) is 4.09. The van der Waals surface area contributed by atoms with Crippen LogP contribution < -0.4 is 5.32 Å². The number of nitrogens with zero attached hydrogens (tertiary/aromatic N) is 1. The first-order valence-electron chi connectivity index (χ1n) is 7.92. The van der Waals surface area contributed by atoms with E-state index in [2.05, 4.69) is 53.8 Å². The molecule has 1 N–H and O–H groups in total. The molecule has 3 aromatic rings. The average molecular weight is 328 g/mol. The van der Waals surface area contributed by atoms with Crippen molar-refractivity contribution in [3.63, 3.8) is 0 Å². The monoisotopic (exact) mass is 328 g/mol. The highest BCUT2D eigenvalue weighted by molar-refractivity contribution is 7.80. The number of para-hydroxylation sites is 2. The minimum atomic E-state index is 0.648. The van der Waals surface area contributed by atoms with Gasteiger partial charge in [-0.3, -0.25) is 4.99 Å². The van der Waals surface area contributed by atoms with Crippen LogP contribution in [0.25, 0.3) is 11.1 Å². The third-order valence-corrected chi connectivity index (χ3v) is 4.33. The van der Waals surface area contributed by atoms with E-state index < -0.39 is 0 Å². The van der Waals surface area contributed by atoms with Crippen molar-refractivity contribution in [2.24, 2.45) is 4.99 Å². The quantitative estimate of drug-likeness (QED) is 0.618. The van der Waals surface area contributed by atoms with Crippen molar-refractivity contribution in [3.8, 4) is 11.1 Å². The van der Waals surface area contributed by atoms with Gasteiger partial charge in [-0.15, -0.1) is 0 Å². The summed E-state index contributed by atoms with van der Waals surface area (Å²) < 4.78 is 0. The standard InChI is InChI=1S/C21H16N2S/c24-21-14-20(22-18-8-4-5-9-19(18)23-21)17-12-10-16(11-13-17)15-6-2-1-3-7-15/h1-13H,14H2,(H,23,24). The number of anilines is 1. The molecule has 0 aromatic heterocycles. The van der Waals surface area contributed by atoms with Gasteiger partial charge in [0.25, 0.3) is 0 Å². The van der Waals surface area contributed by atoms with Gasteiger partial charge in [0.1, 0.15) is 0 Å². The van der Waals surface area contributed by atoms with Gasteiger partial charge in [0.05, 0.1) is 22.1 Å². The first-order chi connectivity index (χ1) is 11.8. The van der Waals surface area contributed by atoms with Crippen LogP contribution in [0.2, 0.25) is 0 Å². The number of nitrogens with one attached hydrogen (secondary N) is 1. The van der Waals surface area contributed by atoms with Crippen LogP contribution >= 0.6 is 12.2 Å². The first-order valence-corrected chi connectivity index (χ1v) is 8.33. The lowest BCUT2D eigenvalue weighted by molar-refractivity contribution is 1.46. The summed E-state index contributed by atoms with van der Waals surface area (Å²) in [6, 6.07) is 26.9. The van der Waals surface area contributed by atoms with Crippen LogP contribution in [0.5, 0.6) is 0 Å². The Balaban J connectivity index is 1.71. The van der Waals surface area contributed by atoms with Crippen molar-refractivity contribution >= 4 is 34.3 Å². The normalized spacial score (nSPS) is 13.5. The average Bonchev–Trinajstić information content (AvgIpc) is 2.80. The molecule has 24 heavy (non-hydrogen) atoms. The Labute approximate surface area is 146 Å². The summed E-state index contributed by atoms with van der Waals surface area (Å²) in [6.07, 6.45) is 0.648. The molecule has 0 atom stereocenters. The van der Waals surface area contributed by atoms with Crippen molar-refractivity contribution in [1.29, 1.82) is 0 Å². The fourth-order valence-electron chi connectivity index (χ4n) is 2.86. The highest BCUT2D eigenvalue weighted by Crippen LogP contribution is 2.29. The Morgan fingerprint density at radius 3 is 2.12 bits per heavy atom. The zero-order valence-corrected chi connectivity index (χ0v) is 13.9. The summed E-state index contributed by atoms with van der Waals surface area (Å²) in [5.41, 5.74) is 6.43. The molecule has 0 bridgehead atoms. The Bertz CT molecular complexity index is 912. The molecule has 3 aromatic carbocycles. The Hall–Kier alpha value is -2.78. The minimum absolute atomic E-state index is 0.648. The molecule has 0 spiro atoms. The molecule has 0 aliphatic carbocycles. The van der Waals surface area contributed by atoms with E-state index in [9.17, 15) is 0 Å². The van der Waals surface area contributed by atoms with Crippen molar-refractivity contribution in [2.45, 2.75) is 6.42 Å². The summed E-state index contributed by atoms with van der Waals surface area (Å²) in [5, 5.41) is 3.28.